The van der Waals surface area contributed by atoms with Crippen LogP contribution in [0.4, 0.5) is 4.39 Å². The lowest BCUT2D eigenvalue weighted by atomic mass is 10.0. The molecule has 2 N–H and O–H groups in total. The molecule has 2 rings (SSSR count). The lowest BCUT2D eigenvalue weighted by Crippen LogP contribution is -2.35. The van der Waals surface area contributed by atoms with E-state index in [9.17, 15) is 19.1 Å². The summed E-state index contributed by atoms with van der Waals surface area (Å²) in [5, 5.41) is 16.0. The van der Waals surface area contributed by atoms with E-state index in [0.717, 1.165) is 17.3 Å². The highest BCUT2D eigenvalue weighted by molar-refractivity contribution is 5.86. The molecule has 8 heteroatoms. The Morgan fingerprint density at radius 3 is 2.56 bits per heavy atom. The summed E-state index contributed by atoms with van der Waals surface area (Å²) in [6.45, 7) is 3.61. The number of hydrogen-bond acceptors (Lipinski definition) is 4. The number of methoxy groups -OCH3 is 1. The average molecular weight is 349 g/mol. The number of rotatable bonds is 6. The van der Waals surface area contributed by atoms with Crippen LogP contribution >= 0.6 is 0 Å². The van der Waals surface area contributed by atoms with E-state index in [1.165, 1.54) is 19.2 Å². The maximum atomic E-state index is 13.8. The van der Waals surface area contributed by atoms with Crippen molar-refractivity contribution >= 4 is 11.9 Å². The maximum Gasteiger partial charge on any atom is 0.330 e. The van der Waals surface area contributed by atoms with Gasteiger partial charge in [0.25, 0.3) is 0 Å². The molecular weight excluding hydrogens is 329 g/mol. The number of benzene rings is 1. The van der Waals surface area contributed by atoms with E-state index < -0.39 is 23.7 Å². The number of ether oxygens (including phenoxy) is 1. The summed E-state index contributed by atoms with van der Waals surface area (Å²) in [4.78, 5) is 23.8. The minimum absolute atomic E-state index is 0.000764. The molecule has 0 saturated carbocycles. The van der Waals surface area contributed by atoms with Crippen LogP contribution in [0.2, 0.25) is 0 Å². The molecule has 1 amide bonds. The number of nitrogens with zero attached hydrogens (tertiary/aromatic N) is 2. The lowest BCUT2D eigenvalue weighted by Gasteiger charge is -2.16. The normalized spacial score (nSPS) is 11.9. The fraction of sp³-hybridized carbons (Fsp3) is 0.353. The first-order valence-corrected chi connectivity index (χ1v) is 7.59. The van der Waals surface area contributed by atoms with E-state index in [-0.39, 0.29) is 17.7 Å². The Morgan fingerprint density at radius 2 is 2.08 bits per heavy atom. The van der Waals surface area contributed by atoms with Crippen LogP contribution in [-0.2, 0) is 23.1 Å². The maximum absolute atomic E-state index is 13.8. The van der Waals surface area contributed by atoms with E-state index in [2.05, 4.69) is 10.4 Å². The fourth-order valence-corrected chi connectivity index (χ4v) is 2.60. The van der Waals surface area contributed by atoms with Crippen LogP contribution in [0.1, 0.15) is 28.6 Å². The predicted octanol–water partition coefficient (Wildman–Crippen LogP) is 1.67. The second-order valence-corrected chi connectivity index (χ2v) is 5.68. The van der Waals surface area contributed by atoms with Crippen molar-refractivity contribution in [2.24, 2.45) is 7.05 Å². The summed E-state index contributed by atoms with van der Waals surface area (Å²) < 4.78 is 20.3. The third-order valence-electron chi connectivity index (χ3n) is 4.06. The Hall–Kier alpha value is -2.90. The Kier molecular flexibility index (Phi) is 5.41. The van der Waals surface area contributed by atoms with Crippen molar-refractivity contribution in [1.29, 1.82) is 0 Å². The highest BCUT2D eigenvalue weighted by Gasteiger charge is 2.24. The molecule has 0 aliphatic carbocycles. The number of nitrogens with one attached hydrogen (secondary N) is 1. The number of carbonyl (C=O) groups is 2. The van der Waals surface area contributed by atoms with Gasteiger partial charge in [-0.1, -0.05) is 6.07 Å². The van der Waals surface area contributed by atoms with Crippen LogP contribution in [0.15, 0.2) is 18.2 Å². The number of carbonyl (C=O) groups excluding carboxylic acids is 1. The van der Waals surface area contributed by atoms with Crippen LogP contribution in [-0.4, -0.2) is 33.9 Å². The number of amides is 1. The van der Waals surface area contributed by atoms with Gasteiger partial charge in [0.05, 0.1) is 19.2 Å². The summed E-state index contributed by atoms with van der Waals surface area (Å²) in [6, 6.07) is 2.41. The van der Waals surface area contributed by atoms with E-state index in [1.807, 2.05) is 6.92 Å². The largest absolute Gasteiger partial charge is 0.494 e. The smallest absolute Gasteiger partial charge is 0.330 e. The van der Waals surface area contributed by atoms with Gasteiger partial charge in [0.15, 0.2) is 17.6 Å². The molecule has 0 fully saturated rings. The molecule has 0 saturated heterocycles. The number of carboxylic acids is 1. The average Bonchev–Trinajstić information content (AvgIpc) is 2.78. The molecule has 134 valence electrons. The number of hydrogen-bond donors (Lipinski definition) is 2. The highest BCUT2D eigenvalue weighted by atomic mass is 19.1. The van der Waals surface area contributed by atoms with Gasteiger partial charge < -0.3 is 15.2 Å². The number of aromatic nitrogens is 2. The SMILES string of the molecule is COc1ccc(C(NC(=O)Cc2c(C)nn(C)c2C)C(=O)O)cc1F. The molecule has 0 aliphatic rings. The molecule has 0 aliphatic heterocycles. The molecule has 0 spiro atoms. The first-order valence-electron chi connectivity index (χ1n) is 7.59. The minimum atomic E-state index is -1.36. The van der Waals surface area contributed by atoms with Crippen molar-refractivity contribution in [2.75, 3.05) is 7.11 Å². The summed E-state index contributed by atoms with van der Waals surface area (Å²) in [6.07, 6.45) is -0.00603. The van der Waals surface area contributed by atoms with E-state index >= 15 is 0 Å². The van der Waals surface area contributed by atoms with Crippen LogP contribution < -0.4 is 10.1 Å². The van der Waals surface area contributed by atoms with Gasteiger partial charge in [0, 0.05) is 18.3 Å². The molecule has 1 unspecified atom stereocenters. The van der Waals surface area contributed by atoms with Crippen molar-refractivity contribution in [3.05, 3.63) is 46.5 Å². The lowest BCUT2D eigenvalue weighted by molar-refractivity contribution is -0.142. The van der Waals surface area contributed by atoms with Crippen LogP contribution in [0.5, 0.6) is 5.75 Å². The van der Waals surface area contributed by atoms with Gasteiger partial charge in [-0.05, 0) is 31.5 Å². The van der Waals surface area contributed by atoms with Crippen LogP contribution in [0, 0.1) is 19.7 Å². The van der Waals surface area contributed by atoms with Crippen molar-refractivity contribution < 1.29 is 23.8 Å². The first-order chi connectivity index (χ1) is 11.7. The summed E-state index contributed by atoms with van der Waals surface area (Å²) in [5.41, 5.74) is 2.40. The van der Waals surface area contributed by atoms with Crippen molar-refractivity contribution in [3.63, 3.8) is 0 Å². The van der Waals surface area contributed by atoms with Gasteiger partial charge in [-0.15, -0.1) is 0 Å². The van der Waals surface area contributed by atoms with Gasteiger partial charge in [-0.2, -0.15) is 5.10 Å². The minimum Gasteiger partial charge on any atom is -0.494 e. The Morgan fingerprint density at radius 1 is 1.40 bits per heavy atom. The zero-order valence-corrected chi connectivity index (χ0v) is 14.5. The molecule has 7 nitrogen and oxygen atoms in total. The number of halogens is 1. The van der Waals surface area contributed by atoms with E-state index in [0.29, 0.717) is 5.69 Å². The van der Waals surface area contributed by atoms with E-state index in [1.54, 1.807) is 18.7 Å². The molecule has 0 bridgehead atoms. The van der Waals surface area contributed by atoms with Gasteiger partial charge in [-0.3, -0.25) is 9.48 Å². The topological polar surface area (TPSA) is 93.5 Å². The van der Waals surface area contributed by atoms with Crippen molar-refractivity contribution in [3.8, 4) is 5.75 Å². The van der Waals surface area contributed by atoms with Gasteiger partial charge in [0.1, 0.15) is 0 Å². The predicted molar refractivity (Wildman–Crippen MR) is 87.9 cm³/mol. The number of carboxylic acid groups (broad SMARTS) is 1. The van der Waals surface area contributed by atoms with Crippen LogP contribution in [0.3, 0.4) is 0 Å². The molecule has 1 aromatic carbocycles. The molecule has 2 aromatic rings. The second kappa shape index (κ2) is 7.33. The zero-order valence-electron chi connectivity index (χ0n) is 14.5. The highest BCUT2D eigenvalue weighted by Crippen LogP contribution is 2.22. The second-order valence-electron chi connectivity index (χ2n) is 5.68. The monoisotopic (exact) mass is 349 g/mol. The quantitative estimate of drug-likeness (QED) is 0.827. The zero-order chi connectivity index (χ0) is 18.7. The molecule has 1 atom stereocenters. The summed E-state index contributed by atoms with van der Waals surface area (Å²) in [7, 11) is 3.08. The third-order valence-corrected chi connectivity index (χ3v) is 4.06. The number of aryl methyl sites for hydroxylation is 2. The summed E-state index contributed by atoms with van der Waals surface area (Å²) >= 11 is 0. The van der Waals surface area contributed by atoms with Gasteiger partial charge >= 0.3 is 5.97 Å². The number of aliphatic carboxylic acids is 1. The fourth-order valence-electron chi connectivity index (χ4n) is 2.60. The van der Waals surface area contributed by atoms with E-state index in [4.69, 9.17) is 4.74 Å². The first kappa shape index (κ1) is 18.4. The van der Waals surface area contributed by atoms with Crippen LogP contribution in [0.25, 0.3) is 0 Å². The molecular formula is C17H20FN3O4. The summed E-state index contributed by atoms with van der Waals surface area (Å²) in [5.74, 6) is -2.46. The Bertz CT molecular complexity index is 816. The standard InChI is InChI=1S/C17H20FN3O4/c1-9-12(10(2)21(3)20-9)8-15(22)19-16(17(23)24)11-5-6-14(25-4)13(18)7-11/h5-7,16H,8H2,1-4H3,(H,19,22)(H,23,24). The third kappa shape index (κ3) is 3.96. The van der Waals surface area contributed by atoms with Crippen molar-refractivity contribution in [1.82, 2.24) is 15.1 Å². The molecule has 25 heavy (non-hydrogen) atoms. The Balaban J connectivity index is 2.20. The van der Waals surface area contributed by atoms with Gasteiger partial charge in [-0.25, -0.2) is 9.18 Å². The van der Waals surface area contributed by atoms with Gasteiger partial charge in [0.2, 0.25) is 5.91 Å². The molecule has 1 aromatic heterocycles. The molecule has 1 heterocycles. The molecule has 0 radical (unpaired) electrons. The Labute approximate surface area is 144 Å². The van der Waals surface area contributed by atoms with Crippen molar-refractivity contribution in [2.45, 2.75) is 26.3 Å².